The Bertz CT molecular complexity index is 3830. The van der Waals surface area contributed by atoms with Crippen LogP contribution in [0.2, 0.25) is 0 Å². The van der Waals surface area contributed by atoms with Gasteiger partial charge in [-0.3, -0.25) is 19.4 Å². The van der Waals surface area contributed by atoms with Gasteiger partial charge in [0.25, 0.3) is 5.95 Å². The average Bonchev–Trinajstić information content (AvgIpc) is 0.796. The molecule has 6 saturated heterocycles. The SMILES string of the molecule is Cc1c[nH+]cc(CON[C@@H]2OC(CO)[C@@H](O)[C@@H](OC3=C(O)C(O)=CCO3)C2O)c1.Cc1c[nH+]cc(CON[C@@H]2OC(CO)[C@@H](O)[C@@H](OC3=CC(O)C(O)C(CO)O3)C2O)c1.Cc1c[nH+]cc(CON[C@@H]2OC(CO)[C@@H](O)[C@@H](OC3OC(CO)[C@@H](O)[C@@H](O)C3O)C2O)c1.Cc1c[nH+]cc(CON[C@@H]2OC(CO)[C@@H](O)[C@@H](O[C@H]3OC(CO)[C@@H](O)[C@@H](O)C3O)C2O)c1.O. The Kier molecular flexibility index (Phi) is 41.1. The van der Waals surface area contributed by atoms with Gasteiger partial charge in [-0.1, -0.05) is 0 Å². The number of hydroxylamine groups is 4. The van der Waals surface area contributed by atoms with Crippen molar-refractivity contribution in [2.45, 2.75) is 256 Å². The second kappa shape index (κ2) is 49.7. The van der Waals surface area contributed by atoms with Gasteiger partial charge in [-0.15, -0.1) is 0 Å². The fraction of sp³-hybridized carbons (Fsp3) is 0.653. The van der Waals surface area contributed by atoms with E-state index in [4.69, 9.17) is 76.2 Å². The lowest BCUT2D eigenvalue weighted by molar-refractivity contribution is -0.380. The van der Waals surface area contributed by atoms with Crippen LogP contribution >= 0.6 is 0 Å². The zero-order chi connectivity index (χ0) is 90.3. The third kappa shape index (κ3) is 27.6. The monoisotopic (exact) mass is 1800 g/mol. The van der Waals surface area contributed by atoms with E-state index in [1.165, 1.54) is 6.08 Å². The first-order valence-electron chi connectivity index (χ1n) is 39.2. The molecular formula is C75H118N8O42+4. The van der Waals surface area contributed by atoms with Crippen LogP contribution in [-0.4, -0.2) is 388 Å². The molecule has 8 aliphatic heterocycles. The molecule has 0 bridgehead atoms. The van der Waals surface area contributed by atoms with E-state index in [0.717, 1.165) is 50.6 Å². The molecule has 0 amide bonds. The lowest BCUT2D eigenvalue weighted by Gasteiger charge is -2.46. The van der Waals surface area contributed by atoms with Crippen molar-refractivity contribution in [1.29, 1.82) is 0 Å². The number of hydrogen-bond donors (Lipinski definition) is 29. The quantitative estimate of drug-likeness (QED) is 0.0208. The molecule has 16 unspecified atom stereocenters. The summed E-state index contributed by atoms with van der Waals surface area (Å²) in [5.74, 6) is -1.87. The van der Waals surface area contributed by atoms with Crippen LogP contribution in [0.25, 0.3) is 0 Å². The summed E-state index contributed by atoms with van der Waals surface area (Å²) in [6, 6.07) is 7.55. The van der Waals surface area contributed by atoms with Crippen molar-refractivity contribution in [2.24, 2.45) is 0 Å². The second-order valence-corrected chi connectivity index (χ2v) is 29.9. The van der Waals surface area contributed by atoms with E-state index in [2.05, 4.69) is 41.9 Å². The summed E-state index contributed by atoms with van der Waals surface area (Å²) in [6.07, 6.45) is -30.1. The number of hydrogen-bond acceptors (Lipinski definition) is 45. The first kappa shape index (κ1) is 103. The van der Waals surface area contributed by atoms with Gasteiger partial charge in [0.15, 0.2) is 111 Å². The molecular weight excluding hydrogens is 1680 g/mol. The summed E-state index contributed by atoms with van der Waals surface area (Å²) in [7, 11) is 0. The largest absolute Gasteiger partial charge is 0.504 e. The number of aliphatic hydroxyl groups excluding tert-OH is 25. The smallest absolute Gasteiger partial charge is 0.328 e. The van der Waals surface area contributed by atoms with E-state index in [1.807, 2.05) is 64.4 Å². The summed E-state index contributed by atoms with van der Waals surface area (Å²) in [6.45, 7) is 3.76. The van der Waals surface area contributed by atoms with Crippen LogP contribution in [0.5, 0.6) is 0 Å². The van der Waals surface area contributed by atoms with Gasteiger partial charge in [0.05, 0.1) is 72.7 Å². The van der Waals surface area contributed by atoms with Crippen LogP contribution in [-0.2, 0) is 103 Å². The Morgan fingerprint density at radius 1 is 0.344 bits per heavy atom. The van der Waals surface area contributed by atoms with Crippen LogP contribution in [0.1, 0.15) is 44.5 Å². The summed E-state index contributed by atoms with van der Waals surface area (Å²) in [5, 5.41) is 249. The molecule has 50 heteroatoms. The van der Waals surface area contributed by atoms with Crippen LogP contribution in [0, 0.1) is 27.7 Å². The number of aromatic amines is 4. The molecule has 0 aliphatic carbocycles. The summed E-state index contributed by atoms with van der Waals surface area (Å²) in [4.78, 5) is 33.4. The van der Waals surface area contributed by atoms with E-state index in [9.17, 15) is 128 Å². The van der Waals surface area contributed by atoms with Crippen molar-refractivity contribution in [3.63, 3.8) is 0 Å². The highest BCUT2D eigenvalue weighted by Crippen LogP contribution is 2.34. The van der Waals surface area contributed by atoms with Crippen molar-refractivity contribution < 1.29 is 229 Å². The number of aromatic nitrogens is 4. The van der Waals surface area contributed by atoms with Gasteiger partial charge in [-0.25, -0.2) is 19.9 Å². The Labute approximate surface area is 712 Å². The zero-order valence-electron chi connectivity index (χ0n) is 67.8. The van der Waals surface area contributed by atoms with Crippen LogP contribution < -0.4 is 41.9 Å². The fourth-order valence-electron chi connectivity index (χ4n) is 13.5. The lowest BCUT2D eigenvalue weighted by atomic mass is 9.96. The van der Waals surface area contributed by atoms with Gasteiger partial charge < -0.3 is 190 Å². The van der Waals surface area contributed by atoms with E-state index >= 15 is 0 Å². The van der Waals surface area contributed by atoms with Crippen molar-refractivity contribution in [1.82, 2.24) is 21.9 Å². The minimum Gasteiger partial charge on any atom is -0.504 e. The van der Waals surface area contributed by atoms with Gasteiger partial charge in [0, 0.05) is 50.6 Å². The number of aryl methyl sites for hydroxylation is 4. The number of pyridine rings is 4. The molecule has 0 spiro atoms. The number of ether oxygens (including phenoxy) is 12. The molecule has 12 heterocycles. The molecule has 0 saturated carbocycles. The van der Waals surface area contributed by atoms with E-state index < -0.39 is 266 Å². The molecule has 706 valence electrons. The Hall–Kier alpha value is -6.98. The minimum absolute atomic E-state index is 0. The predicted octanol–water partition coefficient (Wildman–Crippen LogP) is -14.5. The normalized spacial score (nSPS) is 36.5. The Balaban J connectivity index is 0.000000206. The van der Waals surface area contributed by atoms with E-state index in [0.29, 0.717) is 0 Å². The molecule has 4 aromatic heterocycles. The molecule has 6 fully saturated rings. The maximum Gasteiger partial charge on any atom is 0.328 e. The average molecular weight is 1800 g/mol. The van der Waals surface area contributed by atoms with Crippen LogP contribution in [0.3, 0.4) is 0 Å². The Morgan fingerprint density at radius 2 is 0.640 bits per heavy atom. The highest BCUT2D eigenvalue weighted by Gasteiger charge is 2.55. The summed E-state index contributed by atoms with van der Waals surface area (Å²) >= 11 is 0. The van der Waals surface area contributed by atoms with Crippen LogP contribution in [0.4, 0.5) is 0 Å². The third-order valence-electron chi connectivity index (χ3n) is 20.4. The molecule has 4 aromatic rings. The molecule has 8 aliphatic rings. The van der Waals surface area contributed by atoms with E-state index in [-0.39, 0.29) is 44.5 Å². The van der Waals surface area contributed by atoms with Gasteiger partial charge in [-0.2, -0.15) is 21.9 Å². The zero-order valence-corrected chi connectivity index (χ0v) is 67.8. The number of rotatable bonds is 31. The third-order valence-corrected chi connectivity index (χ3v) is 20.4. The maximum atomic E-state index is 10.7. The van der Waals surface area contributed by atoms with E-state index in [1.54, 1.807) is 37.2 Å². The standard InChI is InChI=1S/2C19H30N2O11.C19H28N2O10.C18H24N2O9.H2O/c2*1-8-2-9(4-20-3-8)7-29-21-18-16(28)17(13(25)11(6-23)30-18)32-19-15(27)14(26)12(24)10(5-22)31-19;1-9-2-10(5-20-4-9)8-28-21-19-17(27)18(16(26)13(7-23)30-19)31-14-3-11(24)15(25)12(6-22)29-14;1-9-4-10(6-19-5-9)8-27-20-17-15(25)16(14(24)12(7-21)28-17)29-18-13(23)11(22)2-3-26-18;/h2*2-4,10-19,21-28H,5-7H2,1H3;2-5,11-13,15-19,21-27H,6-8H2,1H3;2,4-6,12,14-17,20-25H,3,7-8H2,1H3;1H2/p+4/t10?,11?,12-,13-,14-,15?,16?,17-,18-,19?;10?,11?,12-,13-,14-,15?,16?,17-,18-,19-;11?,12?,13?,15?,16-,17?,18-,19-;12?,14-,15?,16-,17-;/m1111./s1. The van der Waals surface area contributed by atoms with Gasteiger partial charge >= 0.3 is 5.95 Å². The number of aliphatic hydroxyl groups is 25. The highest BCUT2D eigenvalue weighted by molar-refractivity contribution is 5.22. The first-order valence-corrected chi connectivity index (χ1v) is 39.2. The number of nitrogens with one attached hydrogen (secondary N) is 8. The molecule has 12 rings (SSSR count). The van der Waals surface area contributed by atoms with Gasteiger partial charge in [0.1, 0.15) is 153 Å². The molecule has 0 radical (unpaired) electrons. The van der Waals surface area contributed by atoms with Crippen molar-refractivity contribution in [2.75, 3.05) is 52.9 Å². The summed E-state index contributed by atoms with van der Waals surface area (Å²) in [5.41, 5.74) is 17.4. The minimum atomic E-state index is -1.73. The van der Waals surface area contributed by atoms with Crippen molar-refractivity contribution >= 4 is 0 Å². The second-order valence-electron chi connectivity index (χ2n) is 29.9. The first-order chi connectivity index (χ1) is 59.3. The predicted molar refractivity (Wildman–Crippen MR) is 403 cm³/mol. The Morgan fingerprint density at radius 3 is 0.952 bits per heavy atom. The van der Waals surface area contributed by atoms with Gasteiger partial charge in [-0.05, 0) is 58.0 Å². The lowest BCUT2D eigenvalue weighted by Crippen LogP contribution is -2.66. The van der Waals surface area contributed by atoms with Crippen LogP contribution in [0.15, 0.2) is 109 Å². The van der Waals surface area contributed by atoms with Crippen molar-refractivity contribution in [3.05, 3.63) is 154 Å². The maximum absolute atomic E-state index is 10.7. The van der Waals surface area contributed by atoms with Crippen molar-refractivity contribution in [3.8, 4) is 0 Å². The summed E-state index contributed by atoms with van der Waals surface area (Å²) < 4.78 is 64.6. The topological polar surface area (TPSA) is 790 Å². The molecule has 0 aromatic carbocycles. The highest BCUT2D eigenvalue weighted by atomic mass is 16.8. The number of H-pyrrole nitrogens is 4. The molecule has 33 atom stereocenters. The molecule has 35 N–H and O–H groups in total. The van der Waals surface area contributed by atoms with Gasteiger partial charge in [0.2, 0.25) is 5.76 Å². The molecule has 50 nitrogen and oxygen atoms in total. The fourth-order valence-corrected chi connectivity index (χ4v) is 13.5. The molecule has 125 heavy (non-hydrogen) atoms.